The minimum absolute atomic E-state index is 0.603. The van der Waals surface area contributed by atoms with Gasteiger partial charge in [0.15, 0.2) is 5.13 Å². The van der Waals surface area contributed by atoms with Gasteiger partial charge >= 0.3 is 0 Å². The number of nitrogens with zero attached hydrogens (tertiary/aromatic N) is 4. The molecule has 5 nitrogen and oxygen atoms in total. The highest BCUT2D eigenvalue weighted by Crippen LogP contribution is 2.35. The molecule has 2 aliphatic rings. The van der Waals surface area contributed by atoms with E-state index in [1.54, 1.807) is 11.3 Å². The van der Waals surface area contributed by atoms with Crippen LogP contribution in [-0.2, 0) is 6.54 Å². The van der Waals surface area contributed by atoms with Gasteiger partial charge in [-0.15, -0.1) is 17.9 Å². The van der Waals surface area contributed by atoms with Crippen LogP contribution in [0.25, 0.3) is 22.9 Å². The Morgan fingerprint density at radius 2 is 2.06 bits per heavy atom. The smallest absolute Gasteiger partial charge is 0.187 e. The summed E-state index contributed by atoms with van der Waals surface area (Å²) in [5.41, 5.74) is 7.10. The normalized spacial score (nSPS) is 16.4. The Balaban J connectivity index is 1.42. The van der Waals surface area contributed by atoms with Crippen molar-refractivity contribution < 1.29 is 0 Å². The van der Waals surface area contributed by atoms with Crippen molar-refractivity contribution in [2.75, 3.05) is 5.32 Å². The molecule has 5 rings (SSSR count). The van der Waals surface area contributed by atoms with E-state index in [4.69, 9.17) is 9.97 Å². The molecule has 1 N–H and O–H groups in total. The second-order valence-electron chi connectivity index (χ2n) is 8.40. The third-order valence-corrected chi connectivity index (χ3v) is 6.84. The predicted octanol–water partition coefficient (Wildman–Crippen LogP) is 6.67. The van der Waals surface area contributed by atoms with Gasteiger partial charge in [0.05, 0.1) is 29.8 Å². The lowest BCUT2D eigenvalue weighted by Crippen LogP contribution is -2.06. The predicted molar refractivity (Wildman–Crippen MR) is 133 cm³/mol. The van der Waals surface area contributed by atoms with E-state index in [0.29, 0.717) is 12.5 Å². The van der Waals surface area contributed by atoms with Gasteiger partial charge in [0, 0.05) is 34.8 Å². The number of rotatable bonds is 6. The first-order chi connectivity index (χ1) is 15.7. The molecule has 0 aliphatic heterocycles. The van der Waals surface area contributed by atoms with Gasteiger partial charge in [-0.3, -0.25) is 9.67 Å². The van der Waals surface area contributed by atoms with Crippen molar-refractivity contribution in [3.8, 4) is 11.1 Å². The summed E-state index contributed by atoms with van der Waals surface area (Å²) in [6.07, 6.45) is 20.3. The van der Waals surface area contributed by atoms with Crippen molar-refractivity contribution in [2.45, 2.75) is 44.6 Å². The minimum Gasteiger partial charge on any atom is -0.330 e. The lowest BCUT2D eigenvalue weighted by atomic mass is 9.87. The summed E-state index contributed by atoms with van der Waals surface area (Å²) in [6.45, 7) is 8.65. The molecule has 32 heavy (non-hydrogen) atoms. The van der Waals surface area contributed by atoms with Crippen molar-refractivity contribution in [1.82, 2.24) is 19.7 Å². The average molecular weight is 442 g/mol. The number of nitrogens with one attached hydrogen (secondary N) is 1. The maximum atomic E-state index is 4.90. The van der Waals surface area contributed by atoms with Gasteiger partial charge < -0.3 is 5.32 Å². The second-order valence-corrected chi connectivity index (χ2v) is 9.26. The van der Waals surface area contributed by atoms with Gasteiger partial charge in [0.25, 0.3) is 0 Å². The monoisotopic (exact) mass is 441 g/mol. The Bertz CT molecular complexity index is 1210. The topological polar surface area (TPSA) is 55.6 Å². The number of pyridine rings is 1. The van der Waals surface area contributed by atoms with Crippen LogP contribution >= 0.6 is 11.3 Å². The maximum Gasteiger partial charge on any atom is 0.187 e. The van der Waals surface area contributed by atoms with Crippen LogP contribution in [0.15, 0.2) is 67.0 Å². The number of hydrogen-bond acceptors (Lipinski definition) is 5. The zero-order chi connectivity index (χ0) is 21.9. The zero-order valence-corrected chi connectivity index (χ0v) is 18.9. The van der Waals surface area contributed by atoms with Crippen molar-refractivity contribution in [2.24, 2.45) is 0 Å². The number of allylic oxidation sites excluding steroid dienone is 4. The van der Waals surface area contributed by atoms with Gasteiger partial charge in [0.1, 0.15) is 0 Å². The second kappa shape index (κ2) is 9.09. The molecule has 2 aliphatic carbocycles. The highest BCUT2D eigenvalue weighted by molar-refractivity contribution is 7.13. The van der Waals surface area contributed by atoms with Gasteiger partial charge in [-0.1, -0.05) is 44.1 Å². The van der Waals surface area contributed by atoms with Crippen molar-refractivity contribution in [3.05, 3.63) is 83.9 Å². The van der Waals surface area contributed by atoms with E-state index >= 15 is 0 Å². The van der Waals surface area contributed by atoms with E-state index in [-0.39, 0.29) is 0 Å². The lowest BCUT2D eigenvalue weighted by molar-refractivity contribution is 0.438. The van der Waals surface area contributed by atoms with Gasteiger partial charge in [-0.25, -0.2) is 4.98 Å². The van der Waals surface area contributed by atoms with Crippen LogP contribution in [0.4, 0.5) is 5.13 Å². The SMILES string of the molecule is C=CCn1cc(-c2cnc3cc2C=CC(=C)C=C3Nc2nc(C3CCCCC3)cs2)cn1. The Hall–Kier alpha value is -3.25. The summed E-state index contributed by atoms with van der Waals surface area (Å²) in [6, 6.07) is 2.11. The van der Waals surface area contributed by atoms with Crippen LogP contribution in [0.2, 0.25) is 0 Å². The fraction of sp³-hybridized carbons (Fsp3) is 0.269. The summed E-state index contributed by atoms with van der Waals surface area (Å²) in [5, 5.41) is 11.0. The lowest BCUT2D eigenvalue weighted by Gasteiger charge is -2.19. The number of hydrogen-bond donors (Lipinski definition) is 1. The first-order valence-electron chi connectivity index (χ1n) is 11.1. The van der Waals surface area contributed by atoms with Crippen LogP contribution in [0.3, 0.4) is 0 Å². The molecule has 3 aromatic rings. The van der Waals surface area contributed by atoms with E-state index < -0.39 is 0 Å². The summed E-state index contributed by atoms with van der Waals surface area (Å²) in [5.74, 6) is 0.603. The summed E-state index contributed by atoms with van der Waals surface area (Å²) < 4.78 is 1.87. The quantitative estimate of drug-likeness (QED) is 0.434. The first-order valence-corrected chi connectivity index (χ1v) is 12.0. The van der Waals surface area contributed by atoms with Gasteiger partial charge in [-0.05, 0) is 36.1 Å². The molecular formula is C26H27N5S. The zero-order valence-electron chi connectivity index (χ0n) is 18.1. The number of anilines is 1. The summed E-state index contributed by atoms with van der Waals surface area (Å²) >= 11 is 1.67. The Labute approximate surface area is 192 Å². The molecule has 1 fully saturated rings. The number of thiazole rings is 1. The van der Waals surface area contributed by atoms with Crippen LogP contribution in [0, 0.1) is 0 Å². The van der Waals surface area contributed by atoms with E-state index in [1.807, 2.05) is 41.5 Å². The molecule has 162 valence electrons. The van der Waals surface area contributed by atoms with Crippen LogP contribution in [0.1, 0.15) is 55.0 Å². The molecular weight excluding hydrogens is 414 g/mol. The largest absolute Gasteiger partial charge is 0.330 e. The van der Waals surface area contributed by atoms with Crippen molar-refractivity contribution in [3.63, 3.8) is 0 Å². The average Bonchev–Trinajstić information content (AvgIpc) is 3.47. The maximum absolute atomic E-state index is 4.90. The Morgan fingerprint density at radius 1 is 1.19 bits per heavy atom. The summed E-state index contributed by atoms with van der Waals surface area (Å²) in [4.78, 5) is 9.67. The molecule has 3 heterocycles. The molecule has 2 bridgehead atoms. The van der Waals surface area contributed by atoms with Crippen LogP contribution in [0.5, 0.6) is 0 Å². The Kier molecular flexibility index (Phi) is 5.86. The van der Waals surface area contributed by atoms with Crippen molar-refractivity contribution in [1.29, 1.82) is 0 Å². The van der Waals surface area contributed by atoms with Gasteiger partial charge in [-0.2, -0.15) is 5.10 Å². The molecule has 0 saturated heterocycles. The third-order valence-electron chi connectivity index (χ3n) is 6.07. The minimum atomic E-state index is 0.603. The summed E-state index contributed by atoms with van der Waals surface area (Å²) in [7, 11) is 0. The molecule has 0 atom stereocenters. The Morgan fingerprint density at radius 3 is 2.91 bits per heavy atom. The third kappa shape index (κ3) is 4.36. The van der Waals surface area contributed by atoms with E-state index in [9.17, 15) is 0 Å². The molecule has 0 amide bonds. The molecule has 0 spiro atoms. The molecule has 0 unspecified atom stereocenters. The van der Waals surface area contributed by atoms with Crippen molar-refractivity contribution >= 4 is 28.2 Å². The fourth-order valence-electron chi connectivity index (χ4n) is 4.38. The van der Waals surface area contributed by atoms with Crippen LogP contribution < -0.4 is 5.32 Å². The van der Waals surface area contributed by atoms with E-state index in [2.05, 4.69) is 41.1 Å². The molecule has 3 aromatic heterocycles. The van der Waals surface area contributed by atoms with E-state index in [0.717, 1.165) is 38.8 Å². The molecule has 0 aromatic carbocycles. The number of aromatic nitrogens is 4. The van der Waals surface area contributed by atoms with Gasteiger partial charge in [0.2, 0.25) is 0 Å². The molecule has 0 radical (unpaired) electrons. The first kappa shape index (κ1) is 20.6. The number of fused-ring (bicyclic) bond motifs is 2. The molecule has 6 heteroatoms. The molecule has 1 saturated carbocycles. The fourth-order valence-corrected chi connectivity index (χ4v) is 5.19. The standard InChI is InChI=1S/C26H27N5S/c1-3-11-31-16-21(14-28-31)22-15-27-23-13-20(22)10-9-18(2)12-24(23)29-26-30-25(17-32-26)19-7-5-4-6-8-19/h3,9-10,12-17,19H,1-2,4-8,11H2,(H,29,30). The highest BCUT2D eigenvalue weighted by Gasteiger charge is 2.19. The highest BCUT2D eigenvalue weighted by atomic mass is 32.1. The van der Waals surface area contributed by atoms with E-state index in [1.165, 1.54) is 37.8 Å². The van der Waals surface area contributed by atoms with Crippen LogP contribution in [-0.4, -0.2) is 19.7 Å².